The Morgan fingerprint density at radius 3 is 2.59 bits per heavy atom. The predicted octanol–water partition coefficient (Wildman–Crippen LogP) is 3.57. The Labute approximate surface area is 171 Å². The summed E-state index contributed by atoms with van der Waals surface area (Å²) in [6.07, 6.45) is 0.579. The number of benzene rings is 2. The van der Waals surface area contributed by atoms with E-state index >= 15 is 0 Å². The van der Waals surface area contributed by atoms with E-state index < -0.39 is 24.3 Å². The van der Waals surface area contributed by atoms with E-state index in [4.69, 9.17) is 14.2 Å². The molecule has 6 nitrogen and oxygen atoms in total. The van der Waals surface area contributed by atoms with Gasteiger partial charge >= 0.3 is 5.97 Å². The maximum atomic E-state index is 13.7. The summed E-state index contributed by atoms with van der Waals surface area (Å²) in [7, 11) is 3.12. The summed E-state index contributed by atoms with van der Waals surface area (Å²) in [6, 6.07) is 11.6. The lowest BCUT2D eigenvalue weighted by Crippen LogP contribution is -2.30. The first-order valence-electron chi connectivity index (χ1n) is 8.84. The fourth-order valence-electron chi connectivity index (χ4n) is 2.76. The highest BCUT2D eigenvalue weighted by molar-refractivity contribution is 7.20. The third kappa shape index (κ3) is 5.03. The van der Waals surface area contributed by atoms with Gasteiger partial charge in [0.1, 0.15) is 10.7 Å². The Hall–Kier alpha value is -3.13. The van der Waals surface area contributed by atoms with Gasteiger partial charge < -0.3 is 19.5 Å². The van der Waals surface area contributed by atoms with E-state index in [1.807, 2.05) is 12.1 Å². The van der Waals surface area contributed by atoms with Crippen LogP contribution in [0.4, 0.5) is 4.39 Å². The molecule has 0 spiro atoms. The number of esters is 1. The second kappa shape index (κ2) is 9.38. The third-order valence-corrected chi connectivity index (χ3v) is 5.31. The van der Waals surface area contributed by atoms with Crippen LogP contribution in [-0.4, -0.2) is 39.2 Å². The van der Waals surface area contributed by atoms with Gasteiger partial charge in [-0.3, -0.25) is 4.79 Å². The maximum absolute atomic E-state index is 13.7. The van der Waals surface area contributed by atoms with Crippen molar-refractivity contribution in [2.24, 2.45) is 0 Å². The number of ether oxygens (including phenoxy) is 3. The van der Waals surface area contributed by atoms with E-state index in [0.29, 0.717) is 34.6 Å². The monoisotopic (exact) mass is 417 g/mol. The van der Waals surface area contributed by atoms with Crippen LogP contribution in [0.25, 0.3) is 10.1 Å². The van der Waals surface area contributed by atoms with Crippen molar-refractivity contribution in [3.63, 3.8) is 0 Å². The van der Waals surface area contributed by atoms with Crippen molar-refractivity contribution in [2.75, 3.05) is 27.4 Å². The van der Waals surface area contributed by atoms with Crippen molar-refractivity contribution >= 4 is 33.3 Å². The Bertz CT molecular complexity index is 1030. The minimum absolute atomic E-state index is 0.253. The van der Waals surface area contributed by atoms with Crippen LogP contribution in [0.2, 0.25) is 0 Å². The van der Waals surface area contributed by atoms with Crippen molar-refractivity contribution in [3.05, 3.63) is 58.7 Å². The van der Waals surface area contributed by atoms with Gasteiger partial charge in [-0.15, -0.1) is 11.3 Å². The van der Waals surface area contributed by atoms with E-state index in [9.17, 15) is 14.0 Å². The summed E-state index contributed by atoms with van der Waals surface area (Å²) in [5.74, 6) is -0.212. The van der Waals surface area contributed by atoms with Crippen molar-refractivity contribution in [3.8, 4) is 11.5 Å². The molecule has 29 heavy (non-hydrogen) atoms. The Kier molecular flexibility index (Phi) is 6.66. The van der Waals surface area contributed by atoms with Gasteiger partial charge in [0.15, 0.2) is 18.1 Å². The zero-order chi connectivity index (χ0) is 20.8. The molecule has 1 aromatic heterocycles. The molecule has 0 unspecified atom stereocenters. The molecule has 0 aliphatic carbocycles. The van der Waals surface area contributed by atoms with E-state index in [-0.39, 0.29) is 4.88 Å². The number of amides is 1. The predicted molar refractivity (Wildman–Crippen MR) is 108 cm³/mol. The van der Waals surface area contributed by atoms with E-state index in [1.165, 1.54) is 12.1 Å². The van der Waals surface area contributed by atoms with Crippen LogP contribution in [0.5, 0.6) is 11.5 Å². The first kappa shape index (κ1) is 20.6. The number of hydrogen-bond acceptors (Lipinski definition) is 6. The number of thiophene rings is 1. The molecule has 1 N–H and O–H groups in total. The highest BCUT2D eigenvalue weighted by Crippen LogP contribution is 2.28. The van der Waals surface area contributed by atoms with Crippen LogP contribution < -0.4 is 14.8 Å². The van der Waals surface area contributed by atoms with Crippen LogP contribution in [0.1, 0.15) is 15.2 Å². The molecule has 0 fully saturated rings. The summed E-state index contributed by atoms with van der Waals surface area (Å²) >= 11 is 1.12. The molecule has 0 atom stereocenters. The van der Waals surface area contributed by atoms with Gasteiger partial charge in [0.05, 0.1) is 14.2 Å². The van der Waals surface area contributed by atoms with Crippen molar-refractivity contribution in [1.82, 2.24) is 5.32 Å². The molecule has 0 saturated carbocycles. The lowest BCUT2D eigenvalue weighted by molar-refractivity contribution is -0.124. The number of fused-ring (bicyclic) bond motifs is 1. The van der Waals surface area contributed by atoms with Crippen LogP contribution >= 0.6 is 11.3 Å². The summed E-state index contributed by atoms with van der Waals surface area (Å²) in [6.45, 7) is -0.0263. The molecule has 1 amide bonds. The van der Waals surface area contributed by atoms with Gasteiger partial charge in [0.2, 0.25) is 0 Å². The molecule has 152 valence electrons. The lowest BCUT2D eigenvalue weighted by Gasteiger charge is -2.10. The average Bonchev–Trinajstić information content (AvgIpc) is 3.17. The highest BCUT2D eigenvalue weighted by atomic mass is 32.1. The molecule has 0 aliphatic heterocycles. The molecule has 3 rings (SSSR count). The summed E-state index contributed by atoms with van der Waals surface area (Å²) < 4.78 is 29.8. The zero-order valence-electron chi connectivity index (χ0n) is 16.0. The van der Waals surface area contributed by atoms with Crippen LogP contribution in [0, 0.1) is 5.82 Å². The summed E-state index contributed by atoms with van der Waals surface area (Å²) in [5.41, 5.74) is 0.965. The fraction of sp³-hybridized carbons (Fsp3) is 0.238. The number of carbonyl (C=O) groups is 2. The van der Waals surface area contributed by atoms with Crippen molar-refractivity contribution < 1.29 is 28.2 Å². The minimum Gasteiger partial charge on any atom is -0.493 e. The molecule has 0 bridgehead atoms. The number of hydrogen-bond donors (Lipinski definition) is 1. The molecule has 0 saturated heterocycles. The van der Waals surface area contributed by atoms with Crippen LogP contribution in [0.3, 0.4) is 0 Å². The summed E-state index contributed by atoms with van der Waals surface area (Å²) in [5, 5.41) is 3.06. The van der Waals surface area contributed by atoms with E-state index in [2.05, 4.69) is 5.32 Å². The first-order valence-corrected chi connectivity index (χ1v) is 9.66. The largest absolute Gasteiger partial charge is 0.493 e. The topological polar surface area (TPSA) is 73.9 Å². The van der Waals surface area contributed by atoms with E-state index in [1.54, 1.807) is 32.4 Å². The Morgan fingerprint density at radius 1 is 1.07 bits per heavy atom. The number of nitrogens with one attached hydrogen (secondary N) is 1. The Morgan fingerprint density at radius 2 is 1.86 bits per heavy atom. The number of rotatable bonds is 8. The highest BCUT2D eigenvalue weighted by Gasteiger charge is 2.15. The van der Waals surface area contributed by atoms with Crippen molar-refractivity contribution in [2.45, 2.75) is 6.42 Å². The van der Waals surface area contributed by atoms with Gasteiger partial charge in [0.25, 0.3) is 5.91 Å². The van der Waals surface area contributed by atoms with E-state index in [0.717, 1.165) is 16.9 Å². The zero-order valence-corrected chi connectivity index (χ0v) is 16.8. The van der Waals surface area contributed by atoms with Crippen LogP contribution in [0.15, 0.2) is 42.5 Å². The molecule has 1 heterocycles. The molecule has 0 radical (unpaired) electrons. The van der Waals surface area contributed by atoms with Crippen LogP contribution in [-0.2, 0) is 16.0 Å². The molecule has 2 aromatic carbocycles. The van der Waals surface area contributed by atoms with Gasteiger partial charge in [-0.25, -0.2) is 9.18 Å². The molecular formula is C21H20FNO5S. The molecular weight excluding hydrogens is 397 g/mol. The number of carbonyl (C=O) groups excluding carboxylic acids is 2. The Balaban J connectivity index is 1.47. The fourth-order valence-corrected chi connectivity index (χ4v) is 3.73. The van der Waals surface area contributed by atoms with Gasteiger partial charge in [-0.05, 0) is 42.3 Å². The number of halogens is 1. The minimum atomic E-state index is -0.652. The second-order valence-corrected chi connectivity index (χ2v) is 7.21. The number of methoxy groups -OCH3 is 2. The van der Waals surface area contributed by atoms with Gasteiger partial charge in [0, 0.05) is 16.6 Å². The third-order valence-electron chi connectivity index (χ3n) is 4.23. The SMILES string of the molecule is COc1ccc(CCNC(=O)COC(=O)c2cc3c(F)cccc3s2)cc1OC. The standard InChI is InChI=1S/C21H20FNO5S/c1-26-16-7-6-13(10-17(16)27-2)8-9-23-20(24)12-28-21(25)19-11-14-15(22)4-3-5-18(14)29-19/h3-7,10-11H,8-9,12H2,1-2H3,(H,23,24). The average molecular weight is 417 g/mol. The second-order valence-electron chi connectivity index (χ2n) is 6.13. The van der Waals surface area contributed by atoms with Gasteiger partial charge in [-0.1, -0.05) is 12.1 Å². The maximum Gasteiger partial charge on any atom is 0.348 e. The summed E-state index contributed by atoms with van der Waals surface area (Å²) in [4.78, 5) is 24.3. The molecule has 3 aromatic rings. The quantitative estimate of drug-likeness (QED) is 0.567. The van der Waals surface area contributed by atoms with Gasteiger partial charge in [-0.2, -0.15) is 0 Å². The lowest BCUT2D eigenvalue weighted by atomic mass is 10.1. The smallest absolute Gasteiger partial charge is 0.348 e. The first-order chi connectivity index (χ1) is 14.0. The normalized spacial score (nSPS) is 10.6. The molecule has 0 aliphatic rings. The molecule has 8 heteroatoms. The van der Waals surface area contributed by atoms with Crippen molar-refractivity contribution in [1.29, 1.82) is 0 Å².